The van der Waals surface area contributed by atoms with Crippen LogP contribution in [-0.4, -0.2) is 37.1 Å². The number of hydrogen-bond donors (Lipinski definition) is 1. The molecule has 130 valence electrons. The van der Waals surface area contributed by atoms with E-state index in [0.29, 0.717) is 12.8 Å². The number of ether oxygens (including phenoxy) is 1. The number of carbonyl (C=O) groups is 2. The van der Waals surface area contributed by atoms with Crippen molar-refractivity contribution in [1.29, 1.82) is 0 Å². The summed E-state index contributed by atoms with van der Waals surface area (Å²) in [6.07, 6.45) is 3.31. The van der Waals surface area contributed by atoms with Gasteiger partial charge in [-0.15, -0.1) is 0 Å². The van der Waals surface area contributed by atoms with Crippen molar-refractivity contribution in [3.63, 3.8) is 0 Å². The van der Waals surface area contributed by atoms with Crippen molar-refractivity contribution in [2.75, 3.05) is 18.1 Å². The summed E-state index contributed by atoms with van der Waals surface area (Å²) in [4.78, 5) is 25.4. The zero-order valence-electron chi connectivity index (χ0n) is 13.3. The van der Waals surface area contributed by atoms with E-state index in [1.807, 2.05) is 0 Å². The lowest BCUT2D eigenvalue weighted by molar-refractivity contribution is -0.126. The summed E-state index contributed by atoms with van der Waals surface area (Å²) in [5, 5.41) is 2.66. The summed E-state index contributed by atoms with van der Waals surface area (Å²) in [6.45, 7) is 0.907. The lowest BCUT2D eigenvalue weighted by atomic mass is 10.1. The van der Waals surface area contributed by atoms with E-state index in [0.717, 1.165) is 36.5 Å². The van der Waals surface area contributed by atoms with E-state index in [4.69, 9.17) is 4.74 Å². The highest BCUT2D eigenvalue weighted by Crippen LogP contribution is 2.27. The third-order valence-electron chi connectivity index (χ3n) is 4.47. The lowest BCUT2D eigenvalue weighted by Gasteiger charge is -2.18. The maximum atomic E-state index is 13.8. The van der Waals surface area contributed by atoms with Crippen molar-refractivity contribution in [2.45, 2.75) is 44.2 Å². The molecule has 1 aromatic rings. The van der Waals surface area contributed by atoms with Gasteiger partial charge in [0.05, 0.1) is 6.10 Å². The number of anilines is 1. The molecule has 0 bridgehead atoms. The Balaban J connectivity index is 1.57. The average Bonchev–Trinajstić information content (AvgIpc) is 3.18. The van der Waals surface area contributed by atoms with Crippen molar-refractivity contribution < 1.29 is 23.1 Å². The van der Waals surface area contributed by atoms with Crippen LogP contribution in [0.1, 0.15) is 32.1 Å². The second kappa shape index (κ2) is 7.25. The van der Waals surface area contributed by atoms with Gasteiger partial charge in [0.25, 0.3) is 0 Å². The van der Waals surface area contributed by atoms with Gasteiger partial charge in [-0.3, -0.25) is 9.59 Å². The van der Waals surface area contributed by atoms with Crippen LogP contribution in [0, 0.1) is 11.6 Å². The first kappa shape index (κ1) is 16.8. The normalized spacial score (nSPS) is 23.8. The molecule has 2 aliphatic heterocycles. The first-order chi connectivity index (χ1) is 11.6. The molecule has 0 aliphatic carbocycles. The van der Waals surface area contributed by atoms with E-state index in [9.17, 15) is 18.4 Å². The standard InChI is InChI=1S/C17H20F2N2O3/c18-12-4-1-5-13(19)16(12)21-9-8-14(17(21)23)20-15(22)7-6-11-3-2-10-24-11/h1,4-5,11,14H,2-3,6-10H2,(H,20,22)/t11-,14+/m0/s1. The summed E-state index contributed by atoms with van der Waals surface area (Å²) < 4.78 is 33.1. The minimum Gasteiger partial charge on any atom is -0.378 e. The van der Waals surface area contributed by atoms with Gasteiger partial charge >= 0.3 is 0 Å². The zero-order valence-corrected chi connectivity index (χ0v) is 13.3. The van der Waals surface area contributed by atoms with Gasteiger partial charge in [-0.1, -0.05) is 6.07 Å². The first-order valence-corrected chi connectivity index (χ1v) is 8.22. The molecule has 2 fully saturated rings. The predicted octanol–water partition coefficient (Wildman–Crippen LogP) is 2.15. The van der Waals surface area contributed by atoms with Crippen LogP contribution in [0.3, 0.4) is 0 Å². The van der Waals surface area contributed by atoms with Crippen molar-refractivity contribution in [3.05, 3.63) is 29.8 Å². The molecule has 2 heterocycles. The molecular weight excluding hydrogens is 318 g/mol. The van der Waals surface area contributed by atoms with Crippen LogP contribution in [-0.2, 0) is 14.3 Å². The number of hydrogen-bond acceptors (Lipinski definition) is 3. The van der Waals surface area contributed by atoms with Gasteiger partial charge in [0.2, 0.25) is 11.8 Å². The van der Waals surface area contributed by atoms with Gasteiger partial charge < -0.3 is 15.0 Å². The Morgan fingerprint density at radius 3 is 2.71 bits per heavy atom. The second-order valence-corrected chi connectivity index (χ2v) is 6.14. The highest BCUT2D eigenvalue weighted by atomic mass is 19.1. The minimum atomic E-state index is -0.784. The number of amides is 2. The topological polar surface area (TPSA) is 58.6 Å². The fourth-order valence-corrected chi connectivity index (χ4v) is 3.21. The summed E-state index contributed by atoms with van der Waals surface area (Å²) in [5.74, 6) is -2.29. The van der Waals surface area contributed by atoms with E-state index >= 15 is 0 Å². The van der Waals surface area contributed by atoms with Gasteiger partial charge in [-0.25, -0.2) is 8.78 Å². The molecule has 0 unspecified atom stereocenters. The Labute approximate surface area is 139 Å². The van der Waals surface area contributed by atoms with Gasteiger partial charge in [0.15, 0.2) is 0 Å². The Morgan fingerprint density at radius 1 is 1.29 bits per heavy atom. The Kier molecular flexibility index (Phi) is 5.08. The fraction of sp³-hybridized carbons (Fsp3) is 0.529. The molecule has 0 saturated carbocycles. The van der Waals surface area contributed by atoms with Crippen LogP contribution in [0.25, 0.3) is 0 Å². The third-order valence-corrected chi connectivity index (χ3v) is 4.47. The fourth-order valence-electron chi connectivity index (χ4n) is 3.21. The molecule has 3 rings (SSSR count). The number of nitrogens with one attached hydrogen (secondary N) is 1. The molecule has 7 heteroatoms. The van der Waals surface area contributed by atoms with Crippen molar-refractivity contribution in [3.8, 4) is 0 Å². The highest BCUT2D eigenvalue weighted by Gasteiger charge is 2.36. The average molecular weight is 338 g/mol. The minimum absolute atomic E-state index is 0.110. The van der Waals surface area contributed by atoms with Crippen molar-refractivity contribution in [2.24, 2.45) is 0 Å². The number of nitrogens with zero attached hydrogens (tertiary/aromatic N) is 1. The number of rotatable bonds is 5. The molecule has 5 nitrogen and oxygen atoms in total. The van der Waals surface area contributed by atoms with E-state index in [1.165, 1.54) is 6.07 Å². The largest absolute Gasteiger partial charge is 0.378 e. The number of para-hydroxylation sites is 1. The molecule has 1 aromatic carbocycles. The van der Waals surface area contributed by atoms with Gasteiger partial charge in [0, 0.05) is 19.6 Å². The first-order valence-electron chi connectivity index (χ1n) is 8.22. The SMILES string of the molecule is O=C(CC[C@@H]1CCCO1)N[C@@H]1CCN(c2c(F)cccc2F)C1=O. The Morgan fingerprint density at radius 2 is 2.04 bits per heavy atom. The molecule has 2 atom stereocenters. The number of carbonyl (C=O) groups excluding carboxylic acids is 2. The summed E-state index contributed by atoms with van der Waals surface area (Å²) in [5.41, 5.74) is -0.349. The summed E-state index contributed by atoms with van der Waals surface area (Å²) in [6, 6.07) is 2.73. The third kappa shape index (κ3) is 3.56. The van der Waals surface area contributed by atoms with Gasteiger partial charge in [-0.2, -0.15) is 0 Å². The maximum absolute atomic E-state index is 13.8. The number of halogens is 2. The monoisotopic (exact) mass is 338 g/mol. The van der Waals surface area contributed by atoms with Crippen LogP contribution < -0.4 is 10.2 Å². The zero-order chi connectivity index (χ0) is 17.1. The molecule has 24 heavy (non-hydrogen) atoms. The van der Waals surface area contributed by atoms with Gasteiger partial charge in [0.1, 0.15) is 23.4 Å². The van der Waals surface area contributed by atoms with E-state index < -0.39 is 23.6 Å². The van der Waals surface area contributed by atoms with Crippen molar-refractivity contribution in [1.82, 2.24) is 5.32 Å². The highest BCUT2D eigenvalue weighted by molar-refractivity contribution is 6.01. The smallest absolute Gasteiger partial charge is 0.249 e. The summed E-state index contributed by atoms with van der Waals surface area (Å²) >= 11 is 0. The van der Waals surface area contributed by atoms with Crippen LogP contribution in [0.5, 0.6) is 0 Å². The quantitative estimate of drug-likeness (QED) is 0.895. The van der Waals surface area contributed by atoms with E-state index in [2.05, 4.69) is 5.32 Å². The van der Waals surface area contributed by atoms with E-state index in [-0.39, 0.29) is 30.7 Å². The van der Waals surface area contributed by atoms with E-state index in [1.54, 1.807) is 0 Å². The van der Waals surface area contributed by atoms with Crippen molar-refractivity contribution >= 4 is 17.5 Å². The summed E-state index contributed by atoms with van der Waals surface area (Å²) in [7, 11) is 0. The molecule has 0 radical (unpaired) electrons. The van der Waals surface area contributed by atoms with Crippen LogP contribution in [0.15, 0.2) is 18.2 Å². The lowest BCUT2D eigenvalue weighted by Crippen LogP contribution is -2.42. The molecule has 0 aromatic heterocycles. The molecule has 2 amide bonds. The van der Waals surface area contributed by atoms with Gasteiger partial charge in [-0.05, 0) is 37.8 Å². The van der Waals surface area contributed by atoms with Crippen LogP contribution in [0.4, 0.5) is 14.5 Å². The maximum Gasteiger partial charge on any atom is 0.249 e. The van der Waals surface area contributed by atoms with Crippen LogP contribution in [0.2, 0.25) is 0 Å². The predicted molar refractivity (Wildman–Crippen MR) is 83.5 cm³/mol. The molecule has 0 spiro atoms. The number of benzene rings is 1. The molecular formula is C17H20F2N2O3. The molecule has 2 aliphatic rings. The Hall–Kier alpha value is -2.02. The van der Waals surface area contributed by atoms with Crippen LogP contribution >= 0.6 is 0 Å². The molecule has 2 saturated heterocycles. The Bertz CT molecular complexity index is 612. The second-order valence-electron chi connectivity index (χ2n) is 6.14. The molecule has 1 N–H and O–H groups in total.